The first-order chi connectivity index (χ1) is 17.2. The molecule has 0 aliphatic rings. The van der Waals surface area contributed by atoms with Gasteiger partial charge in [0.2, 0.25) is 0 Å². The molecule has 0 radical (unpaired) electrons. The summed E-state index contributed by atoms with van der Waals surface area (Å²) in [6.07, 6.45) is 0. The second-order valence-corrected chi connectivity index (χ2v) is 6.61. The third kappa shape index (κ3) is 16.9. The summed E-state index contributed by atoms with van der Waals surface area (Å²) >= 11 is 0. The summed E-state index contributed by atoms with van der Waals surface area (Å²) in [7, 11) is 0. The molecule has 0 unspecified atom stereocenters. The van der Waals surface area contributed by atoms with Crippen LogP contribution in [0.1, 0.15) is 41.4 Å². The number of hydrogen-bond acceptors (Lipinski definition) is 8. The first kappa shape index (κ1) is 37.4. The first-order valence-corrected chi connectivity index (χ1v) is 10.3. The predicted molar refractivity (Wildman–Crippen MR) is 135 cm³/mol. The van der Waals surface area contributed by atoms with Crippen LogP contribution in [0.3, 0.4) is 0 Å². The molecule has 0 aliphatic heterocycles. The van der Waals surface area contributed by atoms with Crippen molar-refractivity contribution in [3.8, 4) is 0 Å². The molecule has 4 aromatic carbocycles. The van der Waals surface area contributed by atoms with Gasteiger partial charge in [0.25, 0.3) is 0 Å². The maximum atomic E-state index is 10.1. The molecule has 4 aromatic rings. The number of aromatic carboxylic acids is 4. The minimum Gasteiger partial charge on any atom is -0.545 e. The standard InChI is InChI=1S/4C7H6O2.2Ca/c4*8-7(9)6-4-2-1-3-5-6;;/h4*1-5H,(H,8,9);;/q;;;;2*+2/p-4. The van der Waals surface area contributed by atoms with Crippen molar-refractivity contribution in [3.63, 3.8) is 0 Å². The molecule has 10 heteroatoms. The van der Waals surface area contributed by atoms with Gasteiger partial charge in [0.05, 0.1) is 23.9 Å². The monoisotopic (exact) mass is 564 g/mol. The first-order valence-electron chi connectivity index (χ1n) is 10.3. The molecular formula is C28H20Ca2O8. The van der Waals surface area contributed by atoms with Gasteiger partial charge in [0.1, 0.15) is 0 Å². The maximum absolute atomic E-state index is 10.1. The van der Waals surface area contributed by atoms with Crippen LogP contribution in [-0.4, -0.2) is 99.4 Å². The average Bonchev–Trinajstić information content (AvgIpc) is 2.92. The van der Waals surface area contributed by atoms with Crippen LogP contribution >= 0.6 is 0 Å². The van der Waals surface area contributed by atoms with E-state index in [4.69, 9.17) is 0 Å². The fraction of sp³-hybridized carbons (Fsp3) is 0. The summed E-state index contributed by atoms with van der Waals surface area (Å²) in [6.45, 7) is 0. The van der Waals surface area contributed by atoms with Crippen LogP contribution in [0.2, 0.25) is 0 Å². The molecular weight excluding hydrogens is 544 g/mol. The van der Waals surface area contributed by atoms with Crippen molar-refractivity contribution in [2.75, 3.05) is 0 Å². The molecule has 0 saturated heterocycles. The van der Waals surface area contributed by atoms with E-state index < -0.39 is 23.9 Å². The quantitative estimate of drug-likeness (QED) is 0.298. The van der Waals surface area contributed by atoms with E-state index in [1.54, 1.807) is 72.8 Å². The zero-order chi connectivity index (χ0) is 26.8. The van der Waals surface area contributed by atoms with Gasteiger partial charge in [-0.05, 0) is 22.3 Å². The van der Waals surface area contributed by atoms with Gasteiger partial charge in [0, 0.05) is 0 Å². The number of carbonyl (C=O) groups is 4. The molecule has 0 amide bonds. The number of carboxylic acids is 4. The third-order valence-electron chi connectivity index (χ3n) is 4.04. The Morgan fingerprint density at radius 1 is 0.316 bits per heavy atom. The Morgan fingerprint density at radius 3 is 0.526 bits per heavy atom. The Bertz CT molecular complexity index is 1020. The molecule has 0 aliphatic carbocycles. The van der Waals surface area contributed by atoms with Crippen molar-refractivity contribution in [3.05, 3.63) is 144 Å². The van der Waals surface area contributed by atoms with Gasteiger partial charge < -0.3 is 39.6 Å². The Kier molecular flexibility index (Phi) is 21.9. The molecule has 0 fully saturated rings. The smallest absolute Gasteiger partial charge is 0.545 e. The van der Waals surface area contributed by atoms with Crippen LogP contribution in [-0.2, 0) is 0 Å². The summed E-state index contributed by atoms with van der Waals surface area (Å²) in [5, 5.41) is 40.4. The van der Waals surface area contributed by atoms with Crippen LogP contribution in [0, 0.1) is 0 Å². The average molecular weight is 565 g/mol. The van der Waals surface area contributed by atoms with Crippen LogP contribution in [0.4, 0.5) is 0 Å². The second-order valence-electron chi connectivity index (χ2n) is 6.61. The third-order valence-corrected chi connectivity index (χ3v) is 4.04. The Morgan fingerprint density at radius 2 is 0.447 bits per heavy atom. The SMILES string of the molecule is O=C([O-])c1ccccc1.O=C([O-])c1ccccc1.O=C([O-])c1ccccc1.O=C([O-])c1ccccc1.[Ca+2].[Ca+2]. The normalized spacial score (nSPS) is 8.42. The van der Waals surface area contributed by atoms with Gasteiger partial charge in [0.15, 0.2) is 0 Å². The second kappa shape index (κ2) is 22.3. The van der Waals surface area contributed by atoms with E-state index in [2.05, 4.69) is 0 Å². The summed E-state index contributed by atoms with van der Waals surface area (Å²) in [5.74, 6) is -4.52. The molecule has 0 N–H and O–H groups in total. The molecule has 8 nitrogen and oxygen atoms in total. The summed E-state index contributed by atoms with van der Waals surface area (Å²) in [5.41, 5.74) is 0.880. The fourth-order valence-electron chi connectivity index (χ4n) is 2.30. The van der Waals surface area contributed by atoms with Crippen molar-refractivity contribution in [1.29, 1.82) is 0 Å². The van der Waals surface area contributed by atoms with Gasteiger partial charge in [-0.2, -0.15) is 0 Å². The van der Waals surface area contributed by atoms with Crippen LogP contribution in [0.15, 0.2) is 121 Å². The summed E-state index contributed by atoms with van der Waals surface area (Å²) < 4.78 is 0. The van der Waals surface area contributed by atoms with Crippen LogP contribution in [0.5, 0.6) is 0 Å². The topological polar surface area (TPSA) is 161 Å². The zero-order valence-electron chi connectivity index (χ0n) is 20.2. The van der Waals surface area contributed by atoms with Gasteiger partial charge in [-0.3, -0.25) is 0 Å². The molecule has 184 valence electrons. The maximum Gasteiger partial charge on any atom is 2.00 e. The van der Waals surface area contributed by atoms with Crippen molar-refractivity contribution in [1.82, 2.24) is 0 Å². The van der Waals surface area contributed by atoms with E-state index in [0.717, 1.165) is 0 Å². The van der Waals surface area contributed by atoms with Gasteiger partial charge >= 0.3 is 75.5 Å². The molecule has 0 saturated carbocycles. The van der Waals surface area contributed by atoms with E-state index >= 15 is 0 Å². The van der Waals surface area contributed by atoms with Crippen molar-refractivity contribution >= 4 is 99.4 Å². The van der Waals surface area contributed by atoms with E-state index in [9.17, 15) is 39.6 Å². The Labute approximate surface area is 279 Å². The van der Waals surface area contributed by atoms with Crippen molar-refractivity contribution in [2.45, 2.75) is 0 Å². The fourth-order valence-corrected chi connectivity index (χ4v) is 2.30. The number of hydrogen-bond donors (Lipinski definition) is 0. The minimum absolute atomic E-state index is 0. The summed E-state index contributed by atoms with van der Waals surface area (Å²) in [6, 6.07) is 32.3. The molecule has 0 bridgehead atoms. The molecule has 38 heavy (non-hydrogen) atoms. The van der Waals surface area contributed by atoms with Gasteiger partial charge in [-0.15, -0.1) is 0 Å². The summed E-state index contributed by atoms with van der Waals surface area (Å²) in [4.78, 5) is 40.4. The predicted octanol–water partition coefficient (Wildman–Crippen LogP) is -0.561. The van der Waals surface area contributed by atoms with Crippen molar-refractivity contribution < 1.29 is 39.6 Å². The number of carboxylic acid groups (broad SMARTS) is 4. The minimum atomic E-state index is -1.13. The van der Waals surface area contributed by atoms with Gasteiger partial charge in [-0.1, -0.05) is 121 Å². The van der Waals surface area contributed by atoms with E-state index in [1.165, 1.54) is 48.5 Å². The van der Waals surface area contributed by atoms with E-state index in [0.29, 0.717) is 0 Å². The Balaban J connectivity index is 0. The molecule has 0 spiro atoms. The molecule has 0 atom stereocenters. The largest absolute Gasteiger partial charge is 2.00 e. The Hall–Kier alpha value is -2.72. The van der Waals surface area contributed by atoms with E-state index in [-0.39, 0.29) is 97.7 Å². The van der Waals surface area contributed by atoms with Crippen LogP contribution < -0.4 is 20.4 Å². The molecule has 0 heterocycles. The number of benzene rings is 4. The number of rotatable bonds is 4. The molecule has 4 rings (SSSR count). The van der Waals surface area contributed by atoms with Crippen molar-refractivity contribution in [2.24, 2.45) is 0 Å². The zero-order valence-corrected chi connectivity index (χ0v) is 24.6. The van der Waals surface area contributed by atoms with E-state index in [1.807, 2.05) is 0 Å². The number of carbonyl (C=O) groups excluding carboxylic acids is 4. The molecule has 0 aromatic heterocycles. The van der Waals surface area contributed by atoms with Crippen LogP contribution in [0.25, 0.3) is 0 Å². The van der Waals surface area contributed by atoms with Gasteiger partial charge in [-0.25, -0.2) is 0 Å².